The Labute approximate surface area is 195 Å². The number of piperazine rings is 1. The van der Waals surface area contributed by atoms with E-state index < -0.39 is 11.9 Å². The smallest absolute Gasteiger partial charge is 0.414 e. The number of carboxylic acids is 2. The summed E-state index contributed by atoms with van der Waals surface area (Å²) in [7, 11) is 1.70. The molecule has 1 aliphatic heterocycles. The Bertz CT molecular complexity index is 859. The van der Waals surface area contributed by atoms with Crippen LogP contribution in [0.25, 0.3) is 0 Å². The summed E-state index contributed by atoms with van der Waals surface area (Å²) in [5, 5.41) is 14.8. The first-order valence-electron chi connectivity index (χ1n) is 9.68. The van der Waals surface area contributed by atoms with E-state index >= 15 is 0 Å². The van der Waals surface area contributed by atoms with Crippen molar-refractivity contribution in [2.75, 3.05) is 39.5 Å². The molecule has 2 N–H and O–H groups in total. The first-order chi connectivity index (χ1) is 14.8. The maximum Gasteiger partial charge on any atom is 0.414 e. The minimum atomic E-state index is -1.82. The van der Waals surface area contributed by atoms with Crippen molar-refractivity contribution in [3.63, 3.8) is 0 Å². The molecule has 31 heavy (non-hydrogen) atoms. The van der Waals surface area contributed by atoms with Crippen LogP contribution >= 0.6 is 27.7 Å². The average molecular weight is 511 g/mol. The van der Waals surface area contributed by atoms with Crippen molar-refractivity contribution >= 4 is 39.6 Å². The third-order valence-corrected chi connectivity index (χ3v) is 6.20. The summed E-state index contributed by atoms with van der Waals surface area (Å²) in [4.78, 5) is 24.6. The number of hydrogen-bond acceptors (Lipinski definition) is 6. The van der Waals surface area contributed by atoms with Gasteiger partial charge in [0.1, 0.15) is 5.75 Å². The molecule has 2 aromatic carbocycles. The topological polar surface area (TPSA) is 90.3 Å². The number of carbonyl (C=O) groups is 2. The number of halogens is 1. The fourth-order valence-electron chi connectivity index (χ4n) is 3.16. The van der Waals surface area contributed by atoms with E-state index in [9.17, 15) is 0 Å². The molecule has 0 unspecified atom stereocenters. The van der Waals surface area contributed by atoms with Crippen molar-refractivity contribution < 1.29 is 24.5 Å². The van der Waals surface area contributed by atoms with E-state index in [0.717, 1.165) is 49.5 Å². The summed E-state index contributed by atoms with van der Waals surface area (Å²) < 4.78 is 6.33. The number of aliphatic carboxylic acids is 2. The molecular weight excluding hydrogens is 484 g/mol. The number of methoxy groups -OCH3 is 1. The Hall–Kier alpha value is -2.07. The molecule has 0 atom stereocenters. The predicted octanol–water partition coefficient (Wildman–Crippen LogP) is 3.65. The molecule has 1 aliphatic rings. The number of benzene rings is 2. The summed E-state index contributed by atoms with van der Waals surface area (Å²) in [6, 6.07) is 15.3. The van der Waals surface area contributed by atoms with Crippen molar-refractivity contribution in [1.29, 1.82) is 0 Å². The van der Waals surface area contributed by atoms with E-state index in [0.29, 0.717) is 0 Å². The second-order valence-electron chi connectivity index (χ2n) is 6.98. The first-order valence-corrected chi connectivity index (χ1v) is 11.7. The molecule has 7 nitrogen and oxygen atoms in total. The molecule has 0 bridgehead atoms. The molecule has 3 rings (SSSR count). The number of carboxylic acid groups (broad SMARTS) is 2. The van der Waals surface area contributed by atoms with Gasteiger partial charge in [0.05, 0.1) is 11.6 Å². The van der Waals surface area contributed by atoms with Gasteiger partial charge in [0.2, 0.25) is 0 Å². The molecule has 0 aromatic heterocycles. The van der Waals surface area contributed by atoms with Gasteiger partial charge in [-0.1, -0.05) is 18.2 Å². The number of nitrogens with zero attached hydrogens (tertiary/aromatic N) is 2. The lowest BCUT2D eigenvalue weighted by atomic mass is 10.1. The highest BCUT2D eigenvalue weighted by molar-refractivity contribution is 9.10. The quantitative estimate of drug-likeness (QED) is 0.449. The third kappa shape index (κ3) is 8.53. The van der Waals surface area contributed by atoms with E-state index in [1.807, 2.05) is 6.07 Å². The van der Waals surface area contributed by atoms with Gasteiger partial charge >= 0.3 is 11.9 Å². The van der Waals surface area contributed by atoms with Crippen LogP contribution in [0.5, 0.6) is 5.75 Å². The van der Waals surface area contributed by atoms with Crippen LogP contribution in [0.3, 0.4) is 0 Å². The standard InChI is InChI=1S/C20H25BrN2OS.C2H2O4/c1-24-20-8-5-17(13-19(20)21)15-23-11-9-22(10-12-23)14-16-3-6-18(25-2)7-4-16;3-1(4)2(5)6/h3-8,13H,9-12,14-15H2,1-2H3;(H,3,4)(H,5,6). The first kappa shape index (κ1) is 25.2. The molecule has 9 heteroatoms. The zero-order valence-corrected chi connectivity index (χ0v) is 20.0. The van der Waals surface area contributed by atoms with E-state index in [2.05, 4.69) is 68.4 Å². The molecule has 0 radical (unpaired) electrons. The summed E-state index contributed by atoms with van der Waals surface area (Å²) in [6.45, 7) is 6.54. The summed E-state index contributed by atoms with van der Waals surface area (Å²) >= 11 is 5.37. The zero-order valence-electron chi connectivity index (χ0n) is 17.6. The Kier molecular flexibility index (Phi) is 10.3. The van der Waals surface area contributed by atoms with Crippen molar-refractivity contribution in [1.82, 2.24) is 9.80 Å². The Morgan fingerprint density at radius 3 is 1.84 bits per heavy atom. The predicted molar refractivity (Wildman–Crippen MR) is 125 cm³/mol. The SMILES string of the molecule is COc1ccc(CN2CCN(Cc3ccc(SC)cc3)CC2)cc1Br.O=C(O)C(=O)O. The Morgan fingerprint density at radius 1 is 0.935 bits per heavy atom. The molecule has 2 aromatic rings. The number of thioether (sulfide) groups is 1. The minimum absolute atomic E-state index is 0.890. The van der Waals surface area contributed by atoms with Gasteiger partial charge in [0, 0.05) is 44.2 Å². The minimum Gasteiger partial charge on any atom is -0.496 e. The zero-order chi connectivity index (χ0) is 22.8. The maximum atomic E-state index is 9.10. The van der Waals surface area contributed by atoms with E-state index in [4.69, 9.17) is 24.5 Å². The van der Waals surface area contributed by atoms with Gasteiger partial charge in [0.25, 0.3) is 0 Å². The summed E-state index contributed by atoms with van der Waals surface area (Å²) in [5.41, 5.74) is 2.74. The maximum absolute atomic E-state index is 9.10. The Balaban J connectivity index is 0.000000501. The highest BCUT2D eigenvalue weighted by atomic mass is 79.9. The second kappa shape index (κ2) is 12.7. The molecule has 0 aliphatic carbocycles. The molecule has 0 saturated carbocycles. The van der Waals surface area contributed by atoms with Crippen molar-refractivity contribution in [2.45, 2.75) is 18.0 Å². The van der Waals surface area contributed by atoms with Gasteiger partial charge < -0.3 is 14.9 Å². The van der Waals surface area contributed by atoms with E-state index in [1.54, 1.807) is 18.9 Å². The molecule has 0 spiro atoms. The van der Waals surface area contributed by atoms with Crippen LogP contribution < -0.4 is 4.74 Å². The van der Waals surface area contributed by atoms with Crippen LogP contribution in [-0.4, -0.2) is 71.5 Å². The largest absolute Gasteiger partial charge is 0.496 e. The van der Waals surface area contributed by atoms with Gasteiger partial charge in [-0.2, -0.15) is 0 Å². The molecule has 1 heterocycles. The van der Waals surface area contributed by atoms with Crippen LogP contribution in [0.2, 0.25) is 0 Å². The Morgan fingerprint density at radius 2 is 1.42 bits per heavy atom. The fourth-order valence-corrected chi connectivity index (χ4v) is 4.16. The van der Waals surface area contributed by atoms with Crippen molar-refractivity contribution in [3.8, 4) is 5.75 Å². The highest BCUT2D eigenvalue weighted by Crippen LogP contribution is 2.26. The van der Waals surface area contributed by atoms with Crippen molar-refractivity contribution in [3.05, 3.63) is 58.1 Å². The molecular formula is C22H27BrN2O5S. The van der Waals surface area contributed by atoms with Gasteiger partial charge in [-0.15, -0.1) is 11.8 Å². The normalized spacial score (nSPS) is 14.4. The second-order valence-corrected chi connectivity index (χ2v) is 8.71. The van der Waals surface area contributed by atoms with Crippen LogP contribution in [0, 0.1) is 0 Å². The highest BCUT2D eigenvalue weighted by Gasteiger charge is 2.17. The molecule has 1 saturated heterocycles. The third-order valence-electron chi connectivity index (χ3n) is 4.84. The summed E-state index contributed by atoms with van der Waals surface area (Å²) in [5.74, 6) is -2.76. The van der Waals surface area contributed by atoms with Gasteiger partial charge in [0.15, 0.2) is 0 Å². The average Bonchev–Trinajstić information content (AvgIpc) is 2.76. The summed E-state index contributed by atoms with van der Waals surface area (Å²) in [6.07, 6.45) is 2.12. The van der Waals surface area contributed by atoms with E-state index in [-0.39, 0.29) is 0 Å². The van der Waals surface area contributed by atoms with Gasteiger partial charge in [-0.3, -0.25) is 9.80 Å². The lowest BCUT2D eigenvalue weighted by Gasteiger charge is -2.34. The van der Waals surface area contributed by atoms with Gasteiger partial charge in [-0.25, -0.2) is 9.59 Å². The molecule has 0 amide bonds. The lowest BCUT2D eigenvalue weighted by Crippen LogP contribution is -2.45. The monoisotopic (exact) mass is 510 g/mol. The number of ether oxygens (including phenoxy) is 1. The molecule has 1 fully saturated rings. The number of hydrogen-bond donors (Lipinski definition) is 2. The van der Waals surface area contributed by atoms with Crippen molar-refractivity contribution in [2.24, 2.45) is 0 Å². The van der Waals surface area contributed by atoms with Crippen LogP contribution in [-0.2, 0) is 22.7 Å². The fraction of sp³-hybridized carbons (Fsp3) is 0.364. The van der Waals surface area contributed by atoms with Crippen LogP contribution in [0.1, 0.15) is 11.1 Å². The lowest BCUT2D eigenvalue weighted by molar-refractivity contribution is -0.159. The van der Waals surface area contributed by atoms with Crippen LogP contribution in [0.4, 0.5) is 0 Å². The van der Waals surface area contributed by atoms with E-state index in [1.165, 1.54) is 16.0 Å². The molecule has 168 valence electrons. The number of rotatable bonds is 6. The van der Waals surface area contributed by atoms with Gasteiger partial charge in [-0.05, 0) is 57.6 Å². The van der Waals surface area contributed by atoms with Crippen LogP contribution in [0.15, 0.2) is 51.8 Å².